The molecule has 0 aromatic heterocycles. The Bertz CT molecular complexity index is 651. The van der Waals surface area contributed by atoms with Crippen molar-refractivity contribution in [2.75, 3.05) is 11.4 Å². The first kappa shape index (κ1) is 12.6. The fourth-order valence-corrected chi connectivity index (χ4v) is 4.24. The molecule has 4 nitrogen and oxygen atoms in total. The van der Waals surface area contributed by atoms with Gasteiger partial charge in [-0.1, -0.05) is 30.4 Å². The summed E-state index contributed by atoms with van der Waals surface area (Å²) < 4.78 is 0. The number of para-hydroxylation sites is 1. The summed E-state index contributed by atoms with van der Waals surface area (Å²) in [6.07, 6.45) is 5.68. The van der Waals surface area contributed by atoms with Crippen LogP contribution in [0.2, 0.25) is 0 Å². The topological polar surface area (TPSA) is 57.6 Å². The smallest absolute Gasteiger partial charge is 0.307 e. The molecule has 1 aromatic rings. The average Bonchev–Trinajstić information content (AvgIpc) is 3.19. The molecule has 4 atom stereocenters. The van der Waals surface area contributed by atoms with Crippen LogP contribution in [-0.2, 0) is 16.0 Å². The lowest BCUT2D eigenvalue weighted by molar-refractivity contribution is -0.147. The van der Waals surface area contributed by atoms with E-state index in [2.05, 4.69) is 0 Å². The number of anilines is 1. The minimum atomic E-state index is -0.835. The van der Waals surface area contributed by atoms with E-state index in [-0.39, 0.29) is 17.7 Å². The van der Waals surface area contributed by atoms with Gasteiger partial charge in [-0.3, -0.25) is 9.59 Å². The number of amides is 1. The first-order valence-electron chi connectivity index (χ1n) is 7.47. The van der Waals surface area contributed by atoms with Gasteiger partial charge in [-0.05, 0) is 36.3 Å². The average molecular weight is 283 g/mol. The lowest BCUT2D eigenvalue weighted by Crippen LogP contribution is -2.42. The van der Waals surface area contributed by atoms with Gasteiger partial charge in [-0.2, -0.15) is 0 Å². The van der Waals surface area contributed by atoms with Crippen molar-refractivity contribution in [3.63, 3.8) is 0 Å². The van der Waals surface area contributed by atoms with Crippen LogP contribution in [0.15, 0.2) is 36.4 Å². The van der Waals surface area contributed by atoms with Crippen LogP contribution in [0.1, 0.15) is 12.0 Å². The van der Waals surface area contributed by atoms with Crippen molar-refractivity contribution in [2.45, 2.75) is 12.8 Å². The van der Waals surface area contributed by atoms with E-state index < -0.39 is 17.8 Å². The SMILES string of the molecule is O=C(O)[C@@H]1[C@H](C(=O)N2CCc3ccccc32)[C@@H]2C=C[C@H]1C2. The molecule has 1 amide bonds. The quantitative estimate of drug-likeness (QED) is 0.846. The minimum Gasteiger partial charge on any atom is -0.481 e. The number of hydrogen-bond acceptors (Lipinski definition) is 2. The molecule has 4 heteroatoms. The van der Waals surface area contributed by atoms with Crippen molar-refractivity contribution in [2.24, 2.45) is 23.7 Å². The van der Waals surface area contributed by atoms with Crippen molar-refractivity contribution >= 4 is 17.6 Å². The minimum absolute atomic E-state index is 0.01000. The normalized spacial score (nSPS) is 32.5. The summed E-state index contributed by atoms with van der Waals surface area (Å²) >= 11 is 0. The number of carboxylic acids is 1. The Morgan fingerprint density at radius 1 is 1.10 bits per heavy atom. The Hall–Kier alpha value is -2.10. The van der Waals surface area contributed by atoms with Crippen molar-refractivity contribution in [3.05, 3.63) is 42.0 Å². The highest BCUT2D eigenvalue weighted by Crippen LogP contribution is 2.49. The molecule has 1 aromatic carbocycles. The molecule has 4 rings (SSSR count). The number of fused-ring (bicyclic) bond motifs is 3. The van der Waals surface area contributed by atoms with Crippen LogP contribution in [-0.4, -0.2) is 23.5 Å². The number of carbonyl (C=O) groups is 2. The van der Waals surface area contributed by atoms with Crippen LogP contribution in [0, 0.1) is 23.7 Å². The molecule has 0 radical (unpaired) electrons. The number of allylic oxidation sites excluding steroid dienone is 2. The standard InChI is InChI=1S/C17H17NO3/c19-16(18-8-7-10-3-1-2-4-13(10)18)14-11-5-6-12(9-11)15(14)17(20)21/h1-6,11-12,14-15H,7-9H2,(H,20,21)/t11-,12+,14-,15+/m1/s1. The highest BCUT2D eigenvalue weighted by atomic mass is 16.4. The van der Waals surface area contributed by atoms with E-state index in [4.69, 9.17) is 0 Å². The first-order chi connectivity index (χ1) is 10.2. The van der Waals surface area contributed by atoms with Crippen molar-refractivity contribution in [1.29, 1.82) is 0 Å². The van der Waals surface area contributed by atoms with Gasteiger partial charge in [0.05, 0.1) is 11.8 Å². The van der Waals surface area contributed by atoms with E-state index in [0.717, 1.165) is 18.5 Å². The van der Waals surface area contributed by atoms with E-state index in [0.29, 0.717) is 6.54 Å². The molecule has 1 saturated carbocycles. The van der Waals surface area contributed by atoms with E-state index >= 15 is 0 Å². The molecular formula is C17H17NO3. The van der Waals surface area contributed by atoms with Gasteiger partial charge in [0.15, 0.2) is 0 Å². The summed E-state index contributed by atoms with van der Waals surface area (Å²) in [6.45, 7) is 0.669. The molecule has 1 heterocycles. The summed E-state index contributed by atoms with van der Waals surface area (Å²) in [5.74, 6) is -1.68. The molecule has 1 fully saturated rings. The molecule has 0 unspecified atom stereocenters. The molecule has 0 spiro atoms. The fourth-order valence-electron chi connectivity index (χ4n) is 4.24. The lowest BCUT2D eigenvalue weighted by atomic mass is 9.82. The second-order valence-corrected chi connectivity index (χ2v) is 6.21. The molecule has 3 aliphatic rings. The summed E-state index contributed by atoms with van der Waals surface area (Å²) in [5, 5.41) is 9.49. The number of benzene rings is 1. The Morgan fingerprint density at radius 3 is 2.57 bits per heavy atom. The third-order valence-electron chi connectivity index (χ3n) is 5.18. The Kier molecular flexibility index (Phi) is 2.67. The highest BCUT2D eigenvalue weighted by molar-refractivity contribution is 5.99. The van der Waals surface area contributed by atoms with Crippen LogP contribution in [0.25, 0.3) is 0 Å². The first-order valence-corrected chi connectivity index (χ1v) is 7.47. The van der Waals surface area contributed by atoms with Crippen LogP contribution in [0.3, 0.4) is 0 Å². The van der Waals surface area contributed by atoms with Crippen molar-refractivity contribution in [3.8, 4) is 0 Å². The van der Waals surface area contributed by atoms with Gasteiger partial charge in [-0.25, -0.2) is 0 Å². The zero-order chi connectivity index (χ0) is 14.6. The van der Waals surface area contributed by atoms with Crippen molar-refractivity contribution in [1.82, 2.24) is 0 Å². The second kappa shape index (κ2) is 4.45. The van der Waals surface area contributed by atoms with Gasteiger partial charge in [0.25, 0.3) is 0 Å². The van der Waals surface area contributed by atoms with Crippen LogP contribution in [0.5, 0.6) is 0 Å². The third-order valence-corrected chi connectivity index (χ3v) is 5.18. The molecule has 1 aliphatic heterocycles. The summed E-state index contributed by atoms with van der Waals surface area (Å²) in [4.78, 5) is 26.3. The summed E-state index contributed by atoms with van der Waals surface area (Å²) in [6, 6.07) is 7.91. The lowest BCUT2D eigenvalue weighted by Gasteiger charge is -2.28. The van der Waals surface area contributed by atoms with Crippen LogP contribution >= 0.6 is 0 Å². The van der Waals surface area contributed by atoms with Gasteiger partial charge in [0, 0.05) is 12.2 Å². The second-order valence-electron chi connectivity index (χ2n) is 6.21. The molecular weight excluding hydrogens is 266 g/mol. The number of rotatable bonds is 2. The molecule has 1 N–H and O–H groups in total. The molecule has 0 saturated heterocycles. The Labute approximate surface area is 123 Å². The number of aliphatic carboxylic acids is 1. The van der Waals surface area contributed by atoms with Crippen LogP contribution < -0.4 is 4.90 Å². The van der Waals surface area contributed by atoms with Gasteiger partial charge in [-0.15, -0.1) is 0 Å². The number of nitrogens with zero attached hydrogens (tertiary/aromatic N) is 1. The van der Waals surface area contributed by atoms with Gasteiger partial charge < -0.3 is 10.0 Å². The van der Waals surface area contributed by atoms with Gasteiger partial charge in [0.1, 0.15) is 0 Å². The van der Waals surface area contributed by atoms with Crippen LogP contribution in [0.4, 0.5) is 5.69 Å². The zero-order valence-electron chi connectivity index (χ0n) is 11.6. The fraction of sp³-hybridized carbons (Fsp3) is 0.412. The highest BCUT2D eigenvalue weighted by Gasteiger charge is 2.53. The van der Waals surface area contributed by atoms with E-state index in [1.807, 2.05) is 36.4 Å². The Balaban J connectivity index is 1.67. The maximum absolute atomic E-state index is 12.9. The van der Waals surface area contributed by atoms with E-state index in [1.54, 1.807) is 4.90 Å². The number of hydrogen-bond donors (Lipinski definition) is 1. The maximum atomic E-state index is 12.9. The van der Waals surface area contributed by atoms with E-state index in [9.17, 15) is 14.7 Å². The summed E-state index contributed by atoms with van der Waals surface area (Å²) in [5.41, 5.74) is 2.13. The molecule has 21 heavy (non-hydrogen) atoms. The van der Waals surface area contributed by atoms with Gasteiger partial charge >= 0.3 is 5.97 Å². The molecule has 2 bridgehead atoms. The largest absolute Gasteiger partial charge is 0.481 e. The number of carboxylic acid groups (broad SMARTS) is 1. The Morgan fingerprint density at radius 2 is 1.81 bits per heavy atom. The number of carbonyl (C=O) groups excluding carboxylic acids is 1. The predicted octanol–water partition coefficient (Wildman–Crippen LogP) is 2.10. The van der Waals surface area contributed by atoms with Crippen molar-refractivity contribution < 1.29 is 14.7 Å². The van der Waals surface area contributed by atoms with Gasteiger partial charge in [0.2, 0.25) is 5.91 Å². The summed E-state index contributed by atoms with van der Waals surface area (Å²) in [7, 11) is 0. The monoisotopic (exact) mass is 283 g/mol. The maximum Gasteiger partial charge on any atom is 0.307 e. The molecule has 108 valence electrons. The predicted molar refractivity (Wildman–Crippen MR) is 77.9 cm³/mol. The zero-order valence-corrected chi connectivity index (χ0v) is 11.6. The van der Waals surface area contributed by atoms with E-state index in [1.165, 1.54) is 5.56 Å². The third kappa shape index (κ3) is 1.75. The molecule has 2 aliphatic carbocycles.